The molecule has 0 spiro atoms. The molecule has 1 amide bonds. The van der Waals surface area contributed by atoms with Gasteiger partial charge in [0.05, 0.1) is 4.90 Å². The van der Waals surface area contributed by atoms with Gasteiger partial charge in [-0.05, 0) is 47.4 Å². The predicted octanol–water partition coefficient (Wildman–Crippen LogP) is 3.41. The van der Waals surface area contributed by atoms with E-state index in [0.717, 1.165) is 22.3 Å². The lowest BCUT2D eigenvalue weighted by atomic mass is 9.92. The molecule has 0 bridgehead atoms. The molecule has 1 fully saturated rings. The summed E-state index contributed by atoms with van der Waals surface area (Å²) < 4.78 is 23.4. The summed E-state index contributed by atoms with van der Waals surface area (Å²) in [6, 6.07) is 14.0. The molecule has 2 aromatic rings. The van der Waals surface area contributed by atoms with Gasteiger partial charge in [0.1, 0.15) is 0 Å². The lowest BCUT2D eigenvalue weighted by Gasteiger charge is -2.13. The van der Waals surface area contributed by atoms with Crippen LogP contribution in [0.1, 0.15) is 17.5 Å². The highest BCUT2D eigenvalue weighted by molar-refractivity contribution is 7.90. The van der Waals surface area contributed by atoms with Gasteiger partial charge in [0.25, 0.3) is 0 Å². The van der Waals surface area contributed by atoms with Crippen LogP contribution in [0.5, 0.6) is 0 Å². The smallest absolute Gasteiger partial charge is 0.250 e. The van der Waals surface area contributed by atoms with E-state index in [2.05, 4.69) is 0 Å². The Morgan fingerprint density at radius 3 is 1.96 bits per heavy atom. The second kappa shape index (κ2) is 6.65. The fourth-order valence-electron chi connectivity index (χ4n) is 2.95. The Morgan fingerprint density at radius 1 is 1.00 bits per heavy atom. The van der Waals surface area contributed by atoms with Crippen LogP contribution in [0.15, 0.2) is 59.0 Å². The summed E-state index contributed by atoms with van der Waals surface area (Å²) in [5.41, 5.74) is 3.26. The Labute approximate surface area is 152 Å². The first-order chi connectivity index (χ1) is 11.8. The first kappa shape index (κ1) is 17.7. The van der Waals surface area contributed by atoms with Crippen molar-refractivity contribution >= 4 is 32.9 Å². The van der Waals surface area contributed by atoms with Gasteiger partial charge >= 0.3 is 0 Å². The van der Waals surface area contributed by atoms with Gasteiger partial charge in [-0.25, -0.2) is 8.42 Å². The summed E-state index contributed by atoms with van der Waals surface area (Å²) in [6.07, 6.45) is 1.83. The lowest BCUT2D eigenvalue weighted by Crippen LogP contribution is -2.19. The monoisotopic (exact) mass is 375 g/mol. The van der Waals surface area contributed by atoms with E-state index in [-0.39, 0.29) is 10.8 Å². The summed E-state index contributed by atoms with van der Waals surface area (Å²) in [5, 5.41) is 0.621. The van der Waals surface area contributed by atoms with Crippen molar-refractivity contribution < 1.29 is 13.2 Å². The van der Waals surface area contributed by atoms with Gasteiger partial charge in [-0.2, -0.15) is 0 Å². The summed E-state index contributed by atoms with van der Waals surface area (Å²) in [4.78, 5) is 14.5. The standard InChI is InChI=1S/C19H18ClNO3S/c1-21-12-11-17(19(21)22)18(13-3-7-15(20)8-4-13)14-5-9-16(10-6-14)25(2,23)24/h3-10H,11-12H2,1-2H3. The van der Waals surface area contributed by atoms with Crippen molar-refractivity contribution in [1.82, 2.24) is 4.90 Å². The van der Waals surface area contributed by atoms with Gasteiger partial charge in [0, 0.05) is 30.4 Å². The number of carbonyl (C=O) groups is 1. The van der Waals surface area contributed by atoms with E-state index < -0.39 is 9.84 Å². The molecule has 130 valence electrons. The number of hydrogen-bond acceptors (Lipinski definition) is 3. The molecular weight excluding hydrogens is 358 g/mol. The third kappa shape index (κ3) is 3.62. The molecule has 25 heavy (non-hydrogen) atoms. The molecule has 0 unspecified atom stereocenters. The average Bonchev–Trinajstić information content (AvgIpc) is 2.89. The highest BCUT2D eigenvalue weighted by Crippen LogP contribution is 2.33. The molecule has 1 saturated heterocycles. The van der Waals surface area contributed by atoms with Crippen molar-refractivity contribution in [3.63, 3.8) is 0 Å². The van der Waals surface area contributed by atoms with Gasteiger partial charge in [-0.3, -0.25) is 4.79 Å². The first-order valence-corrected chi connectivity index (χ1v) is 10.1. The molecule has 4 nitrogen and oxygen atoms in total. The molecule has 1 aliphatic heterocycles. The number of likely N-dealkylation sites (tertiary alicyclic amines) is 1. The van der Waals surface area contributed by atoms with Crippen molar-refractivity contribution in [1.29, 1.82) is 0 Å². The van der Waals surface area contributed by atoms with E-state index in [9.17, 15) is 13.2 Å². The molecule has 0 N–H and O–H groups in total. The quantitative estimate of drug-likeness (QED) is 0.772. The van der Waals surface area contributed by atoms with Crippen LogP contribution in [0.3, 0.4) is 0 Å². The van der Waals surface area contributed by atoms with Crippen molar-refractivity contribution in [2.45, 2.75) is 11.3 Å². The van der Waals surface area contributed by atoms with Crippen molar-refractivity contribution in [3.05, 3.63) is 70.3 Å². The van der Waals surface area contributed by atoms with E-state index in [1.54, 1.807) is 48.3 Å². The highest BCUT2D eigenvalue weighted by Gasteiger charge is 2.27. The average molecular weight is 376 g/mol. The van der Waals surface area contributed by atoms with Crippen LogP contribution in [0, 0.1) is 0 Å². The van der Waals surface area contributed by atoms with Gasteiger partial charge in [0.15, 0.2) is 9.84 Å². The predicted molar refractivity (Wildman–Crippen MR) is 99.3 cm³/mol. The minimum atomic E-state index is -3.26. The zero-order valence-electron chi connectivity index (χ0n) is 14.0. The van der Waals surface area contributed by atoms with Crippen LogP contribution < -0.4 is 0 Å². The molecule has 0 aromatic heterocycles. The third-order valence-corrected chi connectivity index (χ3v) is 5.69. The summed E-state index contributed by atoms with van der Waals surface area (Å²) in [5.74, 6) is -0.00265. The van der Waals surface area contributed by atoms with Crippen molar-refractivity contribution in [3.8, 4) is 0 Å². The topological polar surface area (TPSA) is 54.5 Å². The maximum atomic E-state index is 12.5. The Kier molecular flexibility index (Phi) is 4.71. The van der Waals surface area contributed by atoms with Crippen molar-refractivity contribution in [2.24, 2.45) is 0 Å². The number of hydrogen-bond donors (Lipinski definition) is 0. The van der Waals surface area contributed by atoms with Crippen LogP contribution in [-0.4, -0.2) is 39.1 Å². The van der Waals surface area contributed by atoms with Gasteiger partial charge in [0.2, 0.25) is 5.91 Å². The Hall–Kier alpha value is -2.11. The SMILES string of the molecule is CN1CCC(=C(c2ccc(Cl)cc2)c2ccc(S(C)(=O)=O)cc2)C1=O. The molecule has 0 saturated carbocycles. The number of nitrogens with zero attached hydrogens (tertiary/aromatic N) is 1. The van der Waals surface area contributed by atoms with E-state index in [4.69, 9.17) is 11.6 Å². The number of sulfone groups is 1. The number of rotatable bonds is 3. The van der Waals surface area contributed by atoms with E-state index in [1.807, 2.05) is 12.1 Å². The molecule has 2 aromatic carbocycles. The minimum Gasteiger partial charge on any atom is -0.342 e. The maximum absolute atomic E-state index is 12.5. The Balaban J connectivity index is 2.17. The summed E-state index contributed by atoms with van der Waals surface area (Å²) in [7, 11) is -1.48. The number of benzene rings is 2. The normalized spacial score (nSPS) is 17.1. The van der Waals surface area contributed by atoms with Gasteiger partial charge in [-0.1, -0.05) is 35.9 Å². The molecule has 6 heteroatoms. The van der Waals surface area contributed by atoms with Crippen LogP contribution in [0.2, 0.25) is 5.02 Å². The molecular formula is C19H18ClNO3S. The van der Waals surface area contributed by atoms with Crippen molar-refractivity contribution in [2.75, 3.05) is 19.8 Å². The molecule has 1 heterocycles. The largest absolute Gasteiger partial charge is 0.342 e. The lowest BCUT2D eigenvalue weighted by molar-refractivity contribution is -0.123. The van der Waals surface area contributed by atoms with Gasteiger partial charge < -0.3 is 4.90 Å². The fraction of sp³-hybridized carbons (Fsp3) is 0.211. The zero-order valence-corrected chi connectivity index (χ0v) is 15.6. The van der Waals surface area contributed by atoms with Crippen LogP contribution in [-0.2, 0) is 14.6 Å². The summed E-state index contributed by atoms with van der Waals surface area (Å²) >= 11 is 5.99. The highest BCUT2D eigenvalue weighted by atomic mass is 35.5. The molecule has 0 aliphatic carbocycles. The fourth-order valence-corrected chi connectivity index (χ4v) is 3.71. The van der Waals surface area contributed by atoms with Crippen LogP contribution in [0.4, 0.5) is 0 Å². The van der Waals surface area contributed by atoms with E-state index >= 15 is 0 Å². The zero-order chi connectivity index (χ0) is 18.2. The minimum absolute atomic E-state index is 0.00265. The molecule has 3 rings (SSSR count). The maximum Gasteiger partial charge on any atom is 0.250 e. The number of halogens is 1. The second-order valence-corrected chi connectivity index (χ2v) is 8.59. The number of carbonyl (C=O) groups excluding carboxylic acids is 1. The number of amides is 1. The molecule has 0 atom stereocenters. The first-order valence-electron chi connectivity index (χ1n) is 7.82. The van der Waals surface area contributed by atoms with Crippen LogP contribution in [0.25, 0.3) is 5.57 Å². The van der Waals surface area contributed by atoms with E-state index in [0.29, 0.717) is 18.0 Å². The second-order valence-electron chi connectivity index (χ2n) is 6.13. The Bertz CT molecular complexity index is 945. The van der Waals surface area contributed by atoms with E-state index in [1.165, 1.54) is 6.26 Å². The summed E-state index contributed by atoms with van der Waals surface area (Å²) in [6.45, 7) is 0.673. The third-order valence-electron chi connectivity index (χ3n) is 4.31. The van der Waals surface area contributed by atoms with Crippen LogP contribution >= 0.6 is 11.6 Å². The Morgan fingerprint density at radius 2 is 1.52 bits per heavy atom. The molecule has 0 radical (unpaired) electrons. The molecule has 1 aliphatic rings. The van der Waals surface area contributed by atoms with Gasteiger partial charge in [-0.15, -0.1) is 0 Å². The number of likely N-dealkylation sites (N-methyl/N-ethyl adjacent to an activating group) is 1.